The number of hydrogen-bond acceptors (Lipinski definition) is 6. The predicted octanol–water partition coefficient (Wildman–Crippen LogP) is 7.70. The van der Waals surface area contributed by atoms with Crippen LogP contribution in [0.15, 0.2) is 78.9 Å². The molecule has 0 aliphatic rings. The van der Waals surface area contributed by atoms with Crippen LogP contribution in [0.3, 0.4) is 0 Å². The first-order chi connectivity index (χ1) is 19.3. The normalized spacial score (nSPS) is 12.6. The van der Waals surface area contributed by atoms with Crippen molar-refractivity contribution < 1.29 is 23.7 Å². The van der Waals surface area contributed by atoms with Gasteiger partial charge in [0.15, 0.2) is 0 Å². The first kappa shape index (κ1) is 34.1. The summed E-state index contributed by atoms with van der Waals surface area (Å²) in [5.41, 5.74) is 8.07. The summed E-state index contributed by atoms with van der Waals surface area (Å²) in [6.07, 6.45) is 0. The van der Waals surface area contributed by atoms with E-state index in [1.807, 2.05) is 78.9 Å². The number of ether oxygens (including phenoxy) is 5. The first-order valence-electron chi connectivity index (χ1n) is 14.2. The van der Waals surface area contributed by atoms with Crippen molar-refractivity contribution in [1.82, 2.24) is 0 Å². The number of nitrogens with two attached hydrogens (primary N) is 1. The smallest absolute Gasteiger partial charge is 0.127 e. The molecule has 0 bridgehead atoms. The summed E-state index contributed by atoms with van der Waals surface area (Å²) >= 11 is 0. The minimum absolute atomic E-state index is 0.0502. The molecule has 41 heavy (non-hydrogen) atoms. The van der Waals surface area contributed by atoms with Gasteiger partial charge in [0.1, 0.15) is 17.2 Å². The average Bonchev–Trinajstić information content (AvgIpc) is 2.95. The SMILES string of the molecule is COc1ccc(C(N)c2ccc(OCC(C)(C)COCC(C)(C)COC(C)(C)C)cc2)c(OC)c1.c1ccccc1. The van der Waals surface area contributed by atoms with Crippen molar-refractivity contribution in [3.05, 3.63) is 90.0 Å². The van der Waals surface area contributed by atoms with E-state index in [-0.39, 0.29) is 22.5 Å². The van der Waals surface area contributed by atoms with E-state index >= 15 is 0 Å². The highest BCUT2D eigenvalue weighted by molar-refractivity contribution is 5.46. The Morgan fingerprint density at radius 1 is 0.634 bits per heavy atom. The highest BCUT2D eigenvalue weighted by Gasteiger charge is 2.25. The molecule has 0 heterocycles. The number of hydrogen-bond donors (Lipinski definition) is 1. The molecule has 0 amide bonds. The number of rotatable bonds is 13. The molecular weight excluding hydrogens is 514 g/mol. The lowest BCUT2D eigenvalue weighted by molar-refractivity contribution is -0.0763. The lowest BCUT2D eigenvalue weighted by Crippen LogP contribution is -2.34. The third kappa shape index (κ3) is 13.0. The Hall–Kier alpha value is -3.06. The highest BCUT2D eigenvalue weighted by atomic mass is 16.5. The molecule has 6 nitrogen and oxygen atoms in total. The summed E-state index contributed by atoms with van der Waals surface area (Å²) in [6.45, 7) is 17.3. The van der Waals surface area contributed by atoms with Crippen LogP contribution < -0.4 is 19.9 Å². The van der Waals surface area contributed by atoms with Crippen LogP contribution in [-0.4, -0.2) is 46.2 Å². The molecule has 1 atom stereocenters. The molecule has 0 aromatic heterocycles. The fourth-order valence-electron chi connectivity index (χ4n) is 3.79. The van der Waals surface area contributed by atoms with Gasteiger partial charge in [0.2, 0.25) is 0 Å². The van der Waals surface area contributed by atoms with Crippen LogP contribution in [0.5, 0.6) is 17.2 Å². The van der Waals surface area contributed by atoms with Gasteiger partial charge in [-0.3, -0.25) is 0 Å². The van der Waals surface area contributed by atoms with E-state index in [1.165, 1.54) is 0 Å². The topological polar surface area (TPSA) is 72.2 Å². The first-order valence-corrected chi connectivity index (χ1v) is 14.2. The van der Waals surface area contributed by atoms with E-state index < -0.39 is 0 Å². The Labute approximate surface area is 248 Å². The monoisotopic (exact) mass is 565 g/mol. The summed E-state index contributed by atoms with van der Waals surface area (Å²) in [4.78, 5) is 0. The Balaban J connectivity index is 0.000000864. The predicted molar refractivity (Wildman–Crippen MR) is 168 cm³/mol. The molecule has 0 aliphatic heterocycles. The molecule has 3 rings (SSSR count). The zero-order chi connectivity index (χ0) is 30.5. The van der Waals surface area contributed by atoms with Gasteiger partial charge < -0.3 is 29.4 Å². The van der Waals surface area contributed by atoms with E-state index in [4.69, 9.17) is 29.4 Å². The third-order valence-corrected chi connectivity index (χ3v) is 6.19. The highest BCUT2D eigenvalue weighted by Crippen LogP contribution is 2.32. The second-order valence-electron chi connectivity index (χ2n) is 12.8. The standard InChI is InChI=1S/C29H45NO5.C6H6/c1-27(2,3)35-20-29(6,7)18-33-17-28(4,5)19-34-22-12-10-21(11-13-22)26(30)24-15-14-23(31-8)16-25(24)32-9;1-2-4-6-5-3-1/h10-16,26H,17-20,30H2,1-9H3;1-6H. The molecule has 0 aliphatic carbocycles. The van der Waals surface area contributed by atoms with Gasteiger partial charge >= 0.3 is 0 Å². The Kier molecular flexibility index (Phi) is 13.2. The minimum atomic E-state index is -0.319. The van der Waals surface area contributed by atoms with Crippen molar-refractivity contribution in [2.24, 2.45) is 16.6 Å². The van der Waals surface area contributed by atoms with E-state index in [0.29, 0.717) is 32.2 Å². The summed E-state index contributed by atoms with van der Waals surface area (Å²) in [6, 6.07) is 25.2. The maximum atomic E-state index is 6.53. The van der Waals surface area contributed by atoms with Crippen molar-refractivity contribution in [3.63, 3.8) is 0 Å². The maximum Gasteiger partial charge on any atom is 0.127 e. The van der Waals surface area contributed by atoms with Crippen LogP contribution in [0.25, 0.3) is 0 Å². The molecule has 1 unspecified atom stereocenters. The van der Waals surface area contributed by atoms with E-state index in [0.717, 1.165) is 22.6 Å². The lowest BCUT2D eigenvalue weighted by atomic mass is 9.94. The van der Waals surface area contributed by atoms with E-state index in [9.17, 15) is 0 Å². The minimum Gasteiger partial charge on any atom is -0.497 e. The molecule has 3 aromatic carbocycles. The van der Waals surface area contributed by atoms with Crippen LogP contribution in [0.2, 0.25) is 0 Å². The van der Waals surface area contributed by atoms with Crippen LogP contribution in [0.1, 0.15) is 65.6 Å². The van der Waals surface area contributed by atoms with Crippen molar-refractivity contribution in [2.45, 2.75) is 60.1 Å². The zero-order valence-electron chi connectivity index (χ0n) is 26.5. The zero-order valence-corrected chi connectivity index (χ0v) is 26.5. The molecule has 6 heteroatoms. The molecule has 0 fully saturated rings. The second-order valence-corrected chi connectivity index (χ2v) is 12.8. The number of methoxy groups -OCH3 is 2. The van der Waals surface area contributed by atoms with Crippen LogP contribution >= 0.6 is 0 Å². The van der Waals surface area contributed by atoms with E-state index in [2.05, 4.69) is 48.5 Å². The molecule has 226 valence electrons. The number of benzene rings is 3. The molecule has 2 N–H and O–H groups in total. The van der Waals surface area contributed by atoms with Crippen LogP contribution in [-0.2, 0) is 9.47 Å². The van der Waals surface area contributed by atoms with Gasteiger partial charge in [-0.15, -0.1) is 0 Å². The van der Waals surface area contributed by atoms with E-state index in [1.54, 1.807) is 14.2 Å². The molecular formula is C35H51NO5. The van der Waals surface area contributed by atoms with Gasteiger partial charge in [-0.1, -0.05) is 76.2 Å². The fourth-order valence-corrected chi connectivity index (χ4v) is 3.79. The molecule has 0 radical (unpaired) electrons. The quantitative estimate of drug-likeness (QED) is 0.229. The van der Waals surface area contributed by atoms with Gasteiger partial charge in [0.25, 0.3) is 0 Å². The second kappa shape index (κ2) is 15.8. The molecule has 0 saturated carbocycles. The van der Waals surface area contributed by atoms with Gasteiger partial charge in [-0.25, -0.2) is 0 Å². The summed E-state index contributed by atoms with van der Waals surface area (Å²) in [5, 5.41) is 0. The maximum absolute atomic E-state index is 6.53. The fraction of sp³-hybridized carbons (Fsp3) is 0.486. The Morgan fingerprint density at radius 3 is 1.63 bits per heavy atom. The van der Waals surface area contributed by atoms with Gasteiger partial charge in [-0.2, -0.15) is 0 Å². The van der Waals surface area contributed by atoms with Crippen molar-refractivity contribution in [2.75, 3.05) is 40.6 Å². The van der Waals surface area contributed by atoms with Crippen LogP contribution in [0, 0.1) is 10.8 Å². The van der Waals surface area contributed by atoms with Crippen molar-refractivity contribution in [1.29, 1.82) is 0 Å². The lowest BCUT2D eigenvalue weighted by Gasteiger charge is -2.31. The van der Waals surface area contributed by atoms with Crippen molar-refractivity contribution >= 4 is 0 Å². The summed E-state index contributed by atoms with van der Waals surface area (Å²) in [5.74, 6) is 2.23. The largest absolute Gasteiger partial charge is 0.497 e. The molecule has 0 saturated heterocycles. The molecule has 0 spiro atoms. The van der Waals surface area contributed by atoms with Gasteiger partial charge in [-0.05, 0) is 50.6 Å². The molecule has 3 aromatic rings. The Morgan fingerprint density at radius 2 is 1.15 bits per heavy atom. The summed E-state index contributed by atoms with van der Waals surface area (Å²) < 4.78 is 28.9. The van der Waals surface area contributed by atoms with Crippen molar-refractivity contribution in [3.8, 4) is 17.2 Å². The van der Waals surface area contributed by atoms with Gasteiger partial charge in [0.05, 0.1) is 52.3 Å². The average molecular weight is 566 g/mol. The summed E-state index contributed by atoms with van der Waals surface area (Å²) in [7, 11) is 3.26. The Bertz CT molecular complexity index is 1110. The van der Waals surface area contributed by atoms with Crippen LogP contribution in [0.4, 0.5) is 0 Å². The van der Waals surface area contributed by atoms with Gasteiger partial charge in [0, 0.05) is 22.5 Å². The third-order valence-electron chi connectivity index (χ3n) is 6.19.